The SMILES string of the molecule is CCCCC(Cl)C(C)C#N. The molecule has 0 saturated heterocycles. The van der Waals surface area contributed by atoms with E-state index in [1.54, 1.807) is 0 Å². The summed E-state index contributed by atoms with van der Waals surface area (Å²) >= 11 is 5.89. The molecule has 0 radical (unpaired) electrons. The third-order valence-electron chi connectivity index (χ3n) is 1.58. The normalized spacial score (nSPS) is 15.8. The monoisotopic (exact) mass is 159 g/mol. The van der Waals surface area contributed by atoms with E-state index in [0.29, 0.717) is 0 Å². The first kappa shape index (κ1) is 9.78. The summed E-state index contributed by atoms with van der Waals surface area (Å²) in [6.45, 7) is 3.99. The van der Waals surface area contributed by atoms with Crippen LogP contribution in [0.4, 0.5) is 0 Å². The van der Waals surface area contributed by atoms with Gasteiger partial charge >= 0.3 is 0 Å². The third-order valence-corrected chi connectivity index (χ3v) is 2.18. The summed E-state index contributed by atoms with van der Waals surface area (Å²) in [4.78, 5) is 0. The van der Waals surface area contributed by atoms with Crippen LogP contribution in [-0.4, -0.2) is 5.38 Å². The van der Waals surface area contributed by atoms with Crippen molar-refractivity contribution in [2.24, 2.45) is 5.92 Å². The average Bonchev–Trinajstić information content (AvgIpc) is 1.98. The van der Waals surface area contributed by atoms with Crippen molar-refractivity contribution in [2.75, 3.05) is 0 Å². The molecule has 0 aromatic carbocycles. The van der Waals surface area contributed by atoms with Crippen molar-refractivity contribution in [2.45, 2.75) is 38.5 Å². The van der Waals surface area contributed by atoms with E-state index in [-0.39, 0.29) is 11.3 Å². The van der Waals surface area contributed by atoms with Crippen LogP contribution in [0.2, 0.25) is 0 Å². The van der Waals surface area contributed by atoms with Crippen molar-refractivity contribution in [1.29, 1.82) is 5.26 Å². The first-order valence-corrected chi connectivity index (χ1v) is 4.19. The highest BCUT2D eigenvalue weighted by atomic mass is 35.5. The van der Waals surface area contributed by atoms with Crippen LogP contribution in [0, 0.1) is 17.2 Å². The van der Waals surface area contributed by atoms with Crippen LogP contribution < -0.4 is 0 Å². The summed E-state index contributed by atoms with van der Waals surface area (Å²) in [7, 11) is 0. The van der Waals surface area contributed by atoms with Crippen LogP contribution in [0.25, 0.3) is 0 Å². The van der Waals surface area contributed by atoms with Crippen molar-refractivity contribution < 1.29 is 0 Å². The van der Waals surface area contributed by atoms with Gasteiger partial charge in [-0.15, -0.1) is 11.6 Å². The summed E-state index contributed by atoms with van der Waals surface area (Å²) in [5.41, 5.74) is 0. The maximum Gasteiger partial charge on any atom is 0.0668 e. The lowest BCUT2D eigenvalue weighted by Gasteiger charge is -2.08. The predicted molar refractivity (Wildman–Crippen MR) is 43.9 cm³/mol. The van der Waals surface area contributed by atoms with Gasteiger partial charge in [-0.2, -0.15) is 5.26 Å². The van der Waals surface area contributed by atoms with Crippen molar-refractivity contribution in [1.82, 2.24) is 0 Å². The highest BCUT2D eigenvalue weighted by molar-refractivity contribution is 6.20. The van der Waals surface area contributed by atoms with Crippen LogP contribution >= 0.6 is 11.6 Å². The fraction of sp³-hybridized carbons (Fsp3) is 0.875. The topological polar surface area (TPSA) is 23.8 Å². The van der Waals surface area contributed by atoms with Gasteiger partial charge in [0.05, 0.1) is 12.0 Å². The summed E-state index contributed by atoms with van der Waals surface area (Å²) in [5, 5.41) is 8.52. The number of halogens is 1. The first-order valence-electron chi connectivity index (χ1n) is 3.76. The molecule has 0 saturated carbocycles. The molecule has 0 aliphatic heterocycles. The highest BCUT2D eigenvalue weighted by Gasteiger charge is 2.11. The molecular weight excluding hydrogens is 146 g/mol. The van der Waals surface area contributed by atoms with E-state index in [0.717, 1.165) is 19.3 Å². The molecule has 0 amide bonds. The Morgan fingerprint density at radius 1 is 1.60 bits per heavy atom. The fourth-order valence-corrected chi connectivity index (χ4v) is 0.941. The van der Waals surface area contributed by atoms with Gasteiger partial charge in [-0.25, -0.2) is 0 Å². The van der Waals surface area contributed by atoms with Gasteiger partial charge in [-0.3, -0.25) is 0 Å². The molecule has 0 aliphatic rings. The Bertz CT molecular complexity index is 117. The van der Waals surface area contributed by atoms with Gasteiger partial charge in [0.1, 0.15) is 0 Å². The zero-order valence-corrected chi connectivity index (χ0v) is 7.36. The van der Waals surface area contributed by atoms with Gasteiger partial charge in [0.2, 0.25) is 0 Å². The molecule has 58 valence electrons. The minimum Gasteiger partial charge on any atom is -0.198 e. The average molecular weight is 160 g/mol. The van der Waals surface area contributed by atoms with Crippen LogP contribution in [0.3, 0.4) is 0 Å². The second-order valence-corrected chi connectivity index (χ2v) is 3.14. The molecule has 0 spiro atoms. The molecule has 1 nitrogen and oxygen atoms in total. The van der Waals surface area contributed by atoms with E-state index in [1.807, 2.05) is 6.92 Å². The molecule has 2 heteroatoms. The number of rotatable bonds is 4. The van der Waals surface area contributed by atoms with Gasteiger partial charge in [-0.1, -0.05) is 19.8 Å². The van der Waals surface area contributed by atoms with Gasteiger partial charge < -0.3 is 0 Å². The lowest BCUT2D eigenvalue weighted by molar-refractivity contribution is 0.593. The lowest BCUT2D eigenvalue weighted by atomic mass is 10.0. The third kappa shape index (κ3) is 3.74. The van der Waals surface area contributed by atoms with Crippen LogP contribution in [0.15, 0.2) is 0 Å². The van der Waals surface area contributed by atoms with E-state index >= 15 is 0 Å². The zero-order chi connectivity index (χ0) is 7.98. The van der Waals surface area contributed by atoms with E-state index in [2.05, 4.69) is 13.0 Å². The van der Waals surface area contributed by atoms with E-state index in [1.165, 1.54) is 0 Å². The smallest absolute Gasteiger partial charge is 0.0668 e. The largest absolute Gasteiger partial charge is 0.198 e. The van der Waals surface area contributed by atoms with Crippen LogP contribution in [-0.2, 0) is 0 Å². The summed E-state index contributed by atoms with van der Waals surface area (Å²) in [5.74, 6) is -0.00628. The van der Waals surface area contributed by atoms with Gasteiger partial charge in [0.25, 0.3) is 0 Å². The molecule has 2 unspecified atom stereocenters. The molecule has 0 heterocycles. The molecule has 10 heavy (non-hydrogen) atoms. The second-order valence-electron chi connectivity index (χ2n) is 2.58. The Hall–Kier alpha value is -0.220. The van der Waals surface area contributed by atoms with Crippen molar-refractivity contribution >= 4 is 11.6 Å². The number of hydrogen-bond acceptors (Lipinski definition) is 1. The van der Waals surface area contributed by atoms with Gasteiger partial charge in [-0.05, 0) is 13.3 Å². The molecule has 0 fully saturated rings. The van der Waals surface area contributed by atoms with Crippen LogP contribution in [0.1, 0.15) is 33.1 Å². The van der Waals surface area contributed by atoms with Crippen molar-refractivity contribution in [3.05, 3.63) is 0 Å². The minimum absolute atomic E-state index is 0.00628. The molecule has 0 aromatic heterocycles. The number of nitriles is 1. The number of hydrogen-bond donors (Lipinski definition) is 0. The summed E-state index contributed by atoms with van der Waals surface area (Å²) in [6, 6.07) is 2.14. The Morgan fingerprint density at radius 3 is 2.60 bits per heavy atom. The molecule has 0 aliphatic carbocycles. The molecule has 0 bridgehead atoms. The quantitative estimate of drug-likeness (QED) is 0.579. The highest BCUT2D eigenvalue weighted by Crippen LogP contribution is 2.15. The minimum atomic E-state index is -0.00628. The number of unbranched alkanes of at least 4 members (excludes halogenated alkanes) is 1. The Labute approximate surface area is 68.0 Å². The predicted octanol–water partition coefficient (Wildman–Crippen LogP) is 2.94. The number of alkyl halides is 1. The standard InChI is InChI=1S/C8H14ClN/c1-3-4-5-8(9)7(2)6-10/h7-8H,3-5H2,1-2H3. The first-order chi connectivity index (χ1) is 4.72. The second kappa shape index (κ2) is 5.56. The van der Waals surface area contributed by atoms with Crippen LogP contribution in [0.5, 0.6) is 0 Å². The van der Waals surface area contributed by atoms with E-state index < -0.39 is 0 Å². The molecule has 0 N–H and O–H groups in total. The van der Waals surface area contributed by atoms with Crippen molar-refractivity contribution in [3.63, 3.8) is 0 Å². The van der Waals surface area contributed by atoms with E-state index in [9.17, 15) is 0 Å². The molecule has 2 atom stereocenters. The summed E-state index contributed by atoms with van der Waals surface area (Å²) in [6.07, 6.45) is 3.24. The van der Waals surface area contributed by atoms with Crippen molar-refractivity contribution in [3.8, 4) is 6.07 Å². The van der Waals surface area contributed by atoms with Gasteiger partial charge in [0.15, 0.2) is 0 Å². The number of nitrogens with zero attached hydrogens (tertiary/aromatic N) is 1. The fourth-order valence-electron chi connectivity index (χ4n) is 0.730. The maximum absolute atomic E-state index is 8.47. The van der Waals surface area contributed by atoms with Gasteiger partial charge in [0, 0.05) is 5.38 Å². The molecule has 0 rings (SSSR count). The Morgan fingerprint density at radius 2 is 2.20 bits per heavy atom. The lowest BCUT2D eigenvalue weighted by Crippen LogP contribution is -2.08. The molecule has 0 aromatic rings. The Balaban J connectivity index is 3.43. The Kier molecular flexibility index (Phi) is 5.43. The molecular formula is C8H14ClN. The summed E-state index contributed by atoms with van der Waals surface area (Å²) < 4.78 is 0. The zero-order valence-electron chi connectivity index (χ0n) is 6.60. The van der Waals surface area contributed by atoms with E-state index in [4.69, 9.17) is 16.9 Å². The maximum atomic E-state index is 8.47.